The molecule has 5 heteroatoms. The lowest BCUT2D eigenvalue weighted by Crippen LogP contribution is -2.29. The minimum atomic E-state index is 0.141. The normalized spacial score (nSPS) is 24.9. The number of aryl methyl sites for hydroxylation is 1. The lowest BCUT2D eigenvalue weighted by Gasteiger charge is -2.13. The minimum absolute atomic E-state index is 0.141. The van der Waals surface area contributed by atoms with Crippen molar-refractivity contribution in [1.29, 1.82) is 0 Å². The third-order valence-corrected chi connectivity index (χ3v) is 3.27. The van der Waals surface area contributed by atoms with Gasteiger partial charge in [-0.15, -0.1) is 0 Å². The SMILES string of the molecule is CCn1ncnc1CC(=O)C1CCNC1C. The Morgan fingerprint density at radius 2 is 2.50 bits per heavy atom. The van der Waals surface area contributed by atoms with Gasteiger partial charge < -0.3 is 5.32 Å². The van der Waals surface area contributed by atoms with Crippen LogP contribution in [-0.4, -0.2) is 33.1 Å². The fraction of sp³-hybridized carbons (Fsp3) is 0.727. The number of nitrogens with one attached hydrogen (secondary N) is 1. The summed E-state index contributed by atoms with van der Waals surface area (Å²) >= 11 is 0. The Hall–Kier alpha value is -1.23. The maximum atomic E-state index is 12.1. The number of carbonyl (C=O) groups excluding carboxylic acids is 1. The van der Waals surface area contributed by atoms with E-state index >= 15 is 0 Å². The van der Waals surface area contributed by atoms with Crippen LogP contribution in [-0.2, 0) is 17.8 Å². The van der Waals surface area contributed by atoms with Gasteiger partial charge in [0.1, 0.15) is 17.9 Å². The van der Waals surface area contributed by atoms with Crippen molar-refractivity contribution in [3.8, 4) is 0 Å². The highest BCUT2D eigenvalue weighted by molar-refractivity contribution is 5.83. The molecule has 0 radical (unpaired) electrons. The number of rotatable bonds is 4. The Bertz CT molecular complexity index is 374. The molecule has 2 unspecified atom stereocenters. The lowest BCUT2D eigenvalue weighted by molar-refractivity contribution is -0.122. The molecule has 2 atom stereocenters. The van der Waals surface area contributed by atoms with Crippen LogP contribution in [0.15, 0.2) is 6.33 Å². The van der Waals surface area contributed by atoms with Crippen LogP contribution in [0.2, 0.25) is 0 Å². The van der Waals surface area contributed by atoms with E-state index in [1.807, 2.05) is 6.92 Å². The van der Waals surface area contributed by atoms with Gasteiger partial charge >= 0.3 is 0 Å². The van der Waals surface area contributed by atoms with Gasteiger partial charge in [-0.05, 0) is 26.8 Å². The standard InChI is InChI=1S/C11H18N4O/c1-3-15-11(13-7-14-15)6-10(16)9-4-5-12-8(9)2/h7-9,12H,3-6H2,1-2H3. The monoisotopic (exact) mass is 222 g/mol. The van der Waals surface area contributed by atoms with E-state index in [9.17, 15) is 4.79 Å². The summed E-state index contributed by atoms with van der Waals surface area (Å²) in [7, 11) is 0. The van der Waals surface area contributed by atoms with Crippen molar-refractivity contribution in [1.82, 2.24) is 20.1 Å². The van der Waals surface area contributed by atoms with Gasteiger partial charge in [0.2, 0.25) is 0 Å². The summed E-state index contributed by atoms with van der Waals surface area (Å²) in [5.74, 6) is 1.20. The summed E-state index contributed by atoms with van der Waals surface area (Å²) in [4.78, 5) is 16.2. The van der Waals surface area contributed by atoms with Crippen molar-refractivity contribution in [3.05, 3.63) is 12.2 Å². The first-order valence-corrected chi connectivity index (χ1v) is 5.85. The molecule has 5 nitrogen and oxygen atoms in total. The largest absolute Gasteiger partial charge is 0.314 e. The molecule has 1 N–H and O–H groups in total. The molecule has 2 rings (SSSR count). The van der Waals surface area contributed by atoms with Crippen molar-refractivity contribution in [3.63, 3.8) is 0 Å². The van der Waals surface area contributed by atoms with Crippen LogP contribution in [0.5, 0.6) is 0 Å². The fourth-order valence-electron chi connectivity index (χ4n) is 2.27. The van der Waals surface area contributed by atoms with Crippen LogP contribution in [0.4, 0.5) is 0 Å². The predicted molar refractivity (Wildman–Crippen MR) is 60.0 cm³/mol. The average molecular weight is 222 g/mol. The van der Waals surface area contributed by atoms with Crippen LogP contribution in [0, 0.1) is 5.92 Å². The maximum Gasteiger partial charge on any atom is 0.145 e. The van der Waals surface area contributed by atoms with Crippen molar-refractivity contribution >= 4 is 5.78 Å². The van der Waals surface area contributed by atoms with E-state index in [-0.39, 0.29) is 11.7 Å². The molecule has 1 saturated heterocycles. The smallest absolute Gasteiger partial charge is 0.145 e. The van der Waals surface area contributed by atoms with Gasteiger partial charge in [0.25, 0.3) is 0 Å². The first-order chi connectivity index (χ1) is 7.72. The summed E-state index contributed by atoms with van der Waals surface area (Å²) in [6.45, 7) is 5.78. The maximum absolute atomic E-state index is 12.1. The minimum Gasteiger partial charge on any atom is -0.314 e. The molecule has 16 heavy (non-hydrogen) atoms. The van der Waals surface area contributed by atoms with E-state index in [0.717, 1.165) is 25.3 Å². The van der Waals surface area contributed by atoms with Crippen molar-refractivity contribution in [2.45, 2.75) is 39.3 Å². The topological polar surface area (TPSA) is 59.8 Å². The second-order valence-electron chi connectivity index (χ2n) is 4.27. The zero-order valence-corrected chi connectivity index (χ0v) is 9.81. The van der Waals surface area contributed by atoms with Crippen LogP contribution in [0.3, 0.4) is 0 Å². The van der Waals surface area contributed by atoms with Gasteiger partial charge in [0.15, 0.2) is 0 Å². The molecule has 0 spiro atoms. The van der Waals surface area contributed by atoms with Gasteiger partial charge in [-0.1, -0.05) is 0 Å². The zero-order valence-electron chi connectivity index (χ0n) is 9.81. The summed E-state index contributed by atoms with van der Waals surface area (Å²) in [6.07, 6.45) is 2.87. The third kappa shape index (κ3) is 2.14. The van der Waals surface area contributed by atoms with E-state index in [1.54, 1.807) is 4.68 Å². The molecule has 0 amide bonds. The van der Waals surface area contributed by atoms with Crippen LogP contribution in [0.1, 0.15) is 26.1 Å². The molecule has 0 aromatic carbocycles. The molecule has 1 aliphatic rings. The second-order valence-corrected chi connectivity index (χ2v) is 4.27. The van der Waals surface area contributed by atoms with Gasteiger partial charge in [-0.25, -0.2) is 9.67 Å². The molecule has 0 aliphatic carbocycles. The lowest BCUT2D eigenvalue weighted by atomic mass is 9.95. The van der Waals surface area contributed by atoms with Crippen molar-refractivity contribution in [2.75, 3.05) is 6.54 Å². The molecule has 88 valence electrons. The van der Waals surface area contributed by atoms with Gasteiger partial charge in [0.05, 0.1) is 6.42 Å². The third-order valence-electron chi connectivity index (χ3n) is 3.27. The van der Waals surface area contributed by atoms with Crippen molar-refractivity contribution in [2.24, 2.45) is 5.92 Å². The Labute approximate surface area is 95.2 Å². The molecule has 1 aromatic heterocycles. The number of carbonyl (C=O) groups is 1. The van der Waals surface area contributed by atoms with Gasteiger partial charge in [-0.2, -0.15) is 5.10 Å². The molecule has 1 aliphatic heterocycles. The van der Waals surface area contributed by atoms with Crippen LogP contribution >= 0.6 is 0 Å². The fourth-order valence-corrected chi connectivity index (χ4v) is 2.27. The van der Waals surface area contributed by atoms with Crippen LogP contribution in [0.25, 0.3) is 0 Å². The number of hydrogen-bond acceptors (Lipinski definition) is 4. The molecule has 1 fully saturated rings. The molecular formula is C11H18N4O. The summed E-state index contributed by atoms with van der Waals surface area (Å²) < 4.78 is 1.78. The Balaban J connectivity index is 2.02. The van der Waals surface area contributed by atoms with Crippen molar-refractivity contribution < 1.29 is 4.79 Å². The highest BCUT2D eigenvalue weighted by atomic mass is 16.1. The summed E-state index contributed by atoms with van der Waals surface area (Å²) in [6, 6.07) is 0.297. The van der Waals surface area contributed by atoms with Crippen LogP contribution < -0.4 is 5.32 Å². The molecule has 0 saturated carbocycles. The highest BCUT2D eigenvalue weighted by Crippen LogP contribution is 2.17. The zero-order chi connectivity index (χ0) is 11.5. The highest BCUT2D eigenvalue weighted by Gasteiger charge is 2.29. The first-order valence-electron chi connectivity index (χ1n) is 5.85. The average Bonchev–Trinajstić information content (AvgIpc) is 2.86. The van der Waals surface area contributed by atoms with E-state index in [1.165, 1.54) is 6.33 Å². The Morgan fingerprint density at radius 1 is 1.69 bits per heavy atom. The number of aromatic nitrogens is 3. The number of nitrogens with zero attached hydrogens (tertiary/aromatic N) is 3. The van der Waals surface area contributed by atoms with E-state index in [0.29, 0.717) is 12.5 Å². The number of ketones is 1. The predicted octanol–water partition coefficient (Wildman–Crippen LogP) is 0.408. The molecule has 1 aromatic rings. The molecule has 2 heterocycles. The first kappa shape index (κ1) is 11.3. The van der Waals surface area contributed by atoms with E-state index in [2.05, 4.69) is 22.3 Å². The quantitative estimate of drug-likeness (QED) is 0.801. The van der Waals surface area contributed by atoms with E-state index in [4.69, 9.17) is 0 Å². The molecule has 0 bridgehead atoms. The summed E-state index contributed by atoms with van der Waals surface area (Å²) in [5, 5.41) is 7.37. The summed E-state index contributed by atoms with van der Waals surface area (Å²) in [5.41, 5.74) is 0. The number of Topliss-reactive ketones (excluding diaryl/α,β-unsaturated/α-hetero) is 1. The Morgan fingerprint density at radius 3 is 3.12 bits per heavy atom. The Kier molecular flexibility index (Phi) is 3.33. The van der Waals surface area contributed by atoms with E-state index < -0.39 is 0 Å². The van der Waals surface area contributed by atoms with Gasteiger partial charge in [-0.3, -0.25) is 4.79 Å². The second kappa shape index (κ2) is 4.74. The van der Waals surface area contributed by atoms with Gasteiger partial charge in [0, 0.05) is 18.5 Å². The molecular weight excluding hydrogens is 204 g/mol. The number of hydrogen-bond donors (Lipinski definition) is 1.